The van der Waals surface area contributed by atoms with Crippen molar-refractivity contribution in [3.8, 4) is 0 Å². The molecule has 1 aliphatic carbocycles. The minimum atomic E-state index is -4.61. The Kier molecular flexibility index (Phi) is 9.12. The van der Waals surface area contributed by atoms with E-state index in [1.165, 1.54) is 12.1 Å². The molecule has 3 aliphatic rings. The van der Waals surface area contributed by atoms with Gasteiger partial charge in [0.1, 0.15) is 5.82 Å². The molecule has 2 aliphatic heterocycles. The number of nitrogens with one attached hydrogen (secondary N) is 2. The number of aromatic nitrogens is 2. The Morgan fingerprint density at radius 1 is 1.06 bits per heavy atom. The maximum Gasteiger partial charge on any atom is 0.416 e. The van der Waals surface area contributed by atoms with E-state index in [0.29, 0.717) is 42.1 Å². The van der Waals surface area contributed by atoms with Crippen LogP contribution in [0.4, 0.5) is 41.1 Å². The molecular weight excluding hydrogens is 609 g/mol. The van der Waals surface area contributed by atoms with Gasteiger partial charge in [-0.2, -0.15) is 18.2 Å². The van der Waals surface area contributed by atoms with Crippen molar-refractivity contribution in [1.29, 1.82) is 0 Å². The number of likely N-dealkylation sites (N-methyl/N-ethyl adjacent to an activating group) is 1. The van der Waals surface area contributed by atoms with Crippen LogP contribution in [0.5, 0.6) is 0 Å². The zero-order chi connectivity index (χ0) is 33.5. The first kappa shape index (κ1) is 32.7. The number of hydrogen-bond donors (Lipinski definition) is 2. The second-order valence-corrected chi connectivity index (χ2v) is 13.0. The van der Waals surface area contributed by atoms with E-state index in [1.807, 2.05) is 18.9 Å². The van der Waals surface area contributed by atoms with E-state index in [0.717, 1.165) is 49.5 Å². The van der Waals surface area contributed by atoms with Gasteiger partial charge in [-0.15, -0.1) is 0 Å². The number of benzene rings is 2. The van der Waals surface area contributed by atoms with Crippen molar-refractivity contribution >= 4 is 35.1 Å². The molecule has 250 valence electrons. The summed E-state index contributed by atoms with van der Waals surface area (Å²) in [4.78, 5) is 44.1. The molecule has 10 nitrogen and oxygen atoms in total. The van der Waals surface area contributed by atoms with Crippen LogP contribution in [0, 0.1) is 12.8 Å². The Hall–Kier alpha value is -4.23. The van der Waals surface area contributed by atoms with Crippen LogP contribution in [-0.2, 0) is 19.3 Å². The van der Waals surface area contributed by atoms with Crippen LogP contribution in [0.25, 0.3) is 0 Å². The van der Waals surface area contributed by atoms with Gasteiger partial charge in [0.05, 0.1) is 17.8 Å². The summed E-state index contributed by atoms with van der Waals surface area (Å²) < 4.78 is 42.5. The summed E-state index contributed by atoms with van der Waals surface area (Å²) in [5.74, 6) is 0.851. The minimum Gasteiger partial charge on any atom is -0.357 e. The van der Waals surface area contributed by atoms with Gasteiger partial charge in [-0.1, -0.05) is 19.1 Å². The van der Waals surface area contributed by atoms with Gasteiger partial charge in [0.15, 0.2) is 0 Å². The number of carbonyl (C=O) groups is 2. The predicted octanol–water partition coefficient (Wildman–Crippen LogP) is 5.98. The third kappa shape index (κ3) is 6.91. The molecule has 2 aromatic carbocycles. The summed E-state index contributed by atoms with van der Waals surface area (Å²) in [5, 5.41) is 5.72. The van der Waals surface area contributed by atoms with Crippen molar-refractivity contribution < 1.29 is 22.8 Å². The Bertz CT molecular complexity index is 1660. The van der Waals surface area contributed by atoms with Gasteiger partial charge in [0.2, 0.25) is 5.95 Å². The fourth-order valence-electron chi connectivity index (χ4n) is 6.77. The van der Waals surface area contributed by atoms with Crippen LogP contribution in [0.15, 0.2) is 42.6 Å². The molecule has 3 heterocycles. The molecule has 2 unspecified atom stereocenters. The molecule has 2 N–H and O–H groups in total. The lowest BCUT2D eigenvalue weighted by atomic mass is 10.0. The SMILES string of the molecule is CNc1ncc2c(n1)N(C1CCC(C)C1)C(=O)N(c1cc(NC(=O)c3ccc(CN4CCN(C)CC4)c(C(F)(F)F)c3)ccc1C)C2. The number of piperazine rings is 1. The highest BCUT2D eigenvalue weighted by atomic mass is 19.4. The molecule has 2 fully saturated rings. The largest absolute Gasteiger partial charge is 0.416 e. The van der Waals surface area contributed by atoms with Crippen molar-refractivity contribution in [2.24, 2.45) is 5.92 Å². The number of nitrogens with zero attached hydrogens (tertiary/aromatic N) is 6. The minimum absolute atomic E-state index is 0.0103. The highest BCUT2D eigenvalue weighted by Gasteiger charge is 2.40. The molecule has 2 atom stereocenters. The highest BCUT2D eigenvalue weighted by molar-refractivity contribution is 6.08. The predicted molar refractivity (Wildman–Crippen MR) is 176 cm³/mol. The van der Waals surface area contributed by atoms with E-state index in [1.54, 1.807) is 41.2 Å². The van der Waals surface area contributed by atoms with Gasteiger partial charge < -0.3 is 15.5 Å². The number of urea groups is 1. The van der Waals surface area contributed by atoms with Crippen LogP contribution in [0.1, 0.15) is 58.8 Å². The maximum absolute atomic E-state index is 14.2. The summed E-state index contributed by atoms with van der Waals surface area (Å²) in [7, 11) is 3.73. The number of halogens is 3. The standard InChI is InChI=1S/C34H41F3N8O2/c1-21-5-10-27(15-21)45-30-25(18-39-32(38-3)41-30)20-44(33(45)47)29-17-26(9-6-22(29)2)40-31(46)23-7-8-24(28(16-23)34(35,36)37)19-43-13-11-42(4)12-14-43/h6-9,16-18,21,27H,5,10-15,19-20H2,1-4H3,(H,40,46)(H,38,39,41). The first-order chi connectivity index (χ1) is 22.4. The van der Waals surface area contributed by atoms with E-state index < -0.39 is 17.6 Å². The fourth-order valence-corrected chi connectivity index (χ4v) is 6.77. The van der Waals surface area contributed by atoms with E-state index in [2.05, 4.69) is 32.4 Å². The van der Waals surface area contributed by atoms with Crippen molar-refractivity contribution in [2.75, 3.05) is 60.7 Å². The number of alkyl halides is 3. The highest BCUT2D eigenvalue weighted by Crippen LogP contribution is 2.39. The number of fused-ring (bicyclic) bond motifs is 1. The van der Waals surface area contributed by atoms with E-state index >= 15 is 0 Å². The van der Waals surface area contributed by atoms with Crippen molar-refractivity contribution in [1.82, 2.24) is 19.8 Å². The topological polar surface area (TPSA) is 96.9 Å². The van der Waals surface area contributed by atoms with Gasteiger partial charge in [0.25, 0.3) is 5.91 Å². The molecule has 6 rings (SSSR count). The Morgan fingerprint density at radius 2 is 1.83 bits per heavy atom. The third-order valence-corrected chi connectivity index (χ3v) is 9.52. The average molecular weight is 651 g/mol. The molecule has 3 amide bonds. The van der Waals surface area contributed by atoms with Crippen molar-refractivity contribution in [2.45, 2.75) is 58.4 Å². The lowest BCUT2D eigenvalue weighted by Crippen LogP contribution is -2.52. The van der Waals surface area contributed by atoms with Gasteiger partial charge >= 0.3 is 12.2 Å². The monoisotopic (exact) mass is 650 g/mol. The van der Waals surface area contributed by atoms with E-state index in [4.69, 9.17) is 0 Å². The molecule has 3 aromatic rings. The molecule has 47 heavy (non-hydrogen) atoms. The number of anilines is 4. The van der Waals surface area contributed by atoms with Crippen LogP contribution < -0.4 is 20.4 Å². The molecule has 0 spiro atoms. The van der Waals surface area contributed by atoms with Crippen LogP contribution >= 0.6 is 0 Å². The van der Waals surface area contributed by atoms with Gasteiger partial charge in [-0.05, 0) is 74.5 Å². The number of amides is 3. The smallest absolute Gasteiger partial charge is 0.357 e. The first-order valence-corrected chi connectivity index (χ1v) is 16.1. The fraction of sp³-hybridized carbons (Fsp3) is 0.471. The Labute approximate surface area is 272 Å². The number of hydrogen-bond acceptors (Lipinski definition) is 7. The number of rotatable bonds is 7. The summed E-state index contributed by atoms with van der Waals surface area (Å²) in [6, 6.07) is 8.72. The molecular formula is C34H41F3N8O2. The van der Waals surface area contributed by atoms with Crippen LogP contribution in [-0.4, -0.2) is 78.0 Å². The van der Waals surface area contributed by atoms with E-state index in [9.17, 15) is 22.8 Å². The van der Waals surface area contributed by atoms with Crippen LogP contribution in [0.3, 0.4) is 0 Å². The quantitative estimate of drug-likeness (QED) is 0.325. The molecule has 0 radical (unpaired) electrons. The lowest BCUT2D eigenvalue weighted by molar-refractivity contribution is -0.138. The molecule has 1 saturated heterocycles. The molecule has 0 bridgehead atoms. The summed E-state index contributed by atoms with van der Waals surface area (Å²) in [5.41, 5.74) is 1.80. The zero-order valence-corrected chi connectivity index (χ0v) is 27.2. The molecule has 1 saturated carbocycles. The first-order valence-electron chi connectivity index (χ1n) is 16.1. The maximum atomic E-state index is 14.2. The summed E-state index contributed by atoms with van der Waals surface area (Å²) >= 11 is 0. The van der Waals surface area contributed by atoms with Gasteiger partial charge in [-0.3, -0.25) is 19.5 Å². The Balaban J connectivity index is 1.25. The number of aryl methyl sites for hydroxylation is 1. The zero-order valence-electron chi connectivity index (χ0n) is 27.2. The number of carbonyl (C=O) groups excluding carboxylic acids is 2. The van der Waals surface area contributed by atoms with Crippen LogP contribution in [0.2, 0.25) is 0 Å². The van der Waals surface area contributed by atoms with Gasteiger partial charge in [0, 0.05) is 68.8 Å². The lowest BCUT2D eigenvalue weighted by Gasteiger charge is -2.39. The second-order valence-electron chi connectivity index (χ2n) is 13.0. The normalized spacial score (nSPS) is 20.8. The molecule has 1 aromatic heterocycles. The van der Waals surface area contributed by atoms with Crippen molar-refractivity contribution in [3.05, 3.63) is 70.4 Å². The Morgan fingerprint density at radius 3 is 2.51 bits per heavy atom. The van der Waals surface area contributed by atoms with E-state index in [-0.39, 0.29) is 36.3 Å². The second kappa shape index (κ2) is 13.1. The van der Waals surface area contributed by atoms with Gasteiger partial charge in [-0.25, -0.2) is 9.78 Å². The summed E-state index contributed by atoms with van der Waals surface area (Å²) in [6.45, 7) is 7.40. The average Bonchev–Trinajstić information content (AvgIpc) is 3.47. The third-order valence-electron chi connectivity index (χ3n) is 9.52. The molecule has 13 heteroatoms. The summed E-state index contributed by atoms with van der Waals surface area (Å²) in [6.07, 6.45) is -0.142. The van der Waals surface area contributed by atoms with Crippen molar-refractivity contribution in [3.63, 3.8) is 0 Å².